The van der Waals surface area contributed by atoms with Gasteiger partial charge in [-0.2, -0.15) is 4.68 Å². The Balaban J connectivity index is 2.28. The Labute approximate surface area is 125 Å². The fraction of sp³-hybridized carbons (Fsp3) is 0.143. The summed E-state index contributed by atoms with van der Waals surface area (Å²) in [5.74, 6) is -0.688. The van der Waals surface area contributed by atoms with Crippen LogP contribution in [0.5, 0.6) is 5.75 Å². The number of nitrogens with zero attached hydrogens (tertiary/aromatic N) is 3. The van der Waals surface area contributed by atoms with Gasteiger partial charge in [0, 0.05) is 11.6 Å². The standard InChI is InChI=1S/C14H13N3O5/c1-22-12-4-2-10(3-5-14(18)19)8-11(12)9-16-7-6-13(15-16)17(20)21/h2-8H,9H2,1H3,(H,18,19)/b5-3+. The van der Waals surface area contributed by atoms with E-state index >= 15 is 0 Å². The van der Waals surface area contributed by atoms with Gasteiger partial charge in [0.15, 0.2) is 0 Å². The number of methoxy groups -OCH3 is 1. The lowest BCUT2D eigenvalue weighted by Crippen LogP contribution is -2.03. The Morgan fingerprint density at radius 3 is 2.86 bits per heavy atom. The van der Waals surface area contributed by atoms with E-state index < -0.39 is 10.9 Å². The Morgan fingerprint density at radius 2 is 2.27 bits per heavy atom. The Kier molecular flexibility index (Phi) is 4.52. The number of benzene rings is 1. The highest BCUT2D eigenvalue weighted by Crippen LogP contribution is 2.22. The third-order valence-corrected chi connectivity index (χ3v) is 2.87. The van der Waals surface area contributed by atoms with Crippen LogP contribution in [0.4, 0.5) is 5.82 Å². The summed E-state index contributed by atoms with van der Waals surface area (Å²) in [6, 6.07) is 6.47. The van der Waals surface area contributed by atoms with Crippen molar-refractivity contribution in [1.82, 2.24) is 9.78 Å². The van der Waals surface area contributed by atoms with E-state index in [1.54, 1.807) is 18.2 Å². The van der Waals surface area contributed by atoms with Crippen LogP contribution in [0.15, 0.2) is 36.5 Å². The van der Waals surface area contributed by atoms with Crippen LogP contribution in [0.3, 0.4) is 0 Å². The molecule has 0 amide bonds. The number of carboxylic acids is 1. The van der Waals surface area contributed by atoms with Gasteiger partial charge in [0.1, 0.15) is 5.75 Å². The summed E-state index contributed by atoms with van der Waals surface area (Å²) in [5.41, 5.74) is 1.41. The zero-order valence-electron chi connectivity index (χ0n) is 11.7. The zero-order chi connectivity index (χ0) is 16.1. The summed E-state index contributed by atoms with van der Waals surface area (Å²) >= 11 is 0. The van der Waals surface area contributed by atoms with E-state index in [-0.39, 0.29) is 12.4 Å². The van der Waals surface area contributed by atoms with Crippen LogP contribution in [0.25, 0.3) is 6.08 Å². The van der Waals surface area contributed by atoms with Gasteiger partial charge in [-0.15, -0.1) is 0 Å². The van der Waals surface area contributed by atoms with E-state index in [9.17, 15) is 14.9 Å². The number of carbonyl (C=O) groups is 1. The molecule has 0 aliphatic rings. The third-order valence-electron chi connectivity index (χ3n) is 2.87. The molecule has 2 rings (SSSR count). The number of carboxylic acid groups (broad SMARTS) is 1. The second-order valence-corrected chi connectivity index (χ2v) is 4.37. The molecule has 0 saturated carbocycles. The molecule has 0 fully saturated rings. The molecule has 0 spiro atoms. The first-order chi connectivity index (χ1) is 10.5. The number of hydrogen-bond donors (Lipinski definition) is 1. The van der Waals surface area contributed by atoms with Crippen molar-refractivity contribution in [3.63, 3.8) is 0 Å². The molecule has 0 atom stereocenters. The molecule has 114 valence electrons. The SMILES string of the molecule is COc1ccc(/C=C/C(=O)O)cc1Cn1ccc([N+](=O)[O-])n1. The Hall–Kier alpha value is -3.16. The molecule has 8 heteroatoms. The number of ether oxygens (including phenoxy) is 1. The highest BCUT2D eigenvalue weighted by atomic mass is 16.6. The summed E-state index contributed by atoms with van der Waals surface area (Å²) in [4.78, 5) is 20.6. The van der Waals surface area contributed by atoms with Crippen LogP contribution < -0.4 is 4.74 Å². The number of aliphatic carboxylic acids is 1. The van der Waals surface area contributed by atoms with Crippen LogP contribution >= 0.6 is 0 Å². The van der Waals surface area contributed by atoms with Gasteiger partial charge in [-0.3, -0.25) is 0 Å². The number of rotatable bonds is 6. The van der Waals surface area contributed by atoms with Crippen LogP contribution in [-0.4, -0.2) is 32.9 Å². The Morgan fingerprint density at radius 1 is 1.50 bits per heavy atom. The molecule has 1 aromatic heterocycles. The minimum Gasteiger partial charge on any atom is -0.496 e. The lowest BCUT2D eigenvalue weighted by Gasteiger charge is -2.08. The van der Waals surface area contributed by atoms with Crippen molar-refractivity contribution in [1.29, 1.82) is 0 Å². The van der Waals surface area contributed by atoms with Crippen LogP contribution in [0.2, 0.25) is 0 Å². The van der Waals surface area contributed by atoms with E-state index in [0.29, 0.717) is 11.3 Å². The smallest absolute Gasteiger partial charge is 0.389 e. The van der Waals surface area contributed by atoms with Gasteiger partial charge in [0.25, 0.3) is 0 Å². The van der Waals surface area contributed by atoms with Gasteiger partial charge in [0.2, 0.25) is 0 Å². The first kappa shape index (κ1) is 15.2. The molecule has 2 aromatic rings. The number of nitro groups is 1. The largest absolute Gasteiger partial charge is 0.496 e. The van der Waals surface area contributed by atoms with E-state index in [0.717, 1.165) is 11.6 Å². The third kappa shape index (κ3) is 3.69. The molecule has 1 heterocycles. The average Bonchev–Trinajstić information content (AvgIpc) is 2.94. The van der Waals surface area contributed by atoms with Gasteiger partial charge < -0.3 is 20.0 Å². The van der Waals surface area contributed by atoms with Gasteiger partial charge in [-0.1, -0.05) is 6.07 Å². The topological polar surface area (TPSA) is 107 Å². The van der Waals surface area contributed by atoms with Gasteiger partial charge in [0.05, 0.1) is 31.0 Å². The highest BCUT2D eigenvalue weighted by Gasteiger charge is 2.13. The fourth-order valence-corrected chi connectivity index (χ4v) is 1.90. The molecule has 1 N–H and O–H groups in total. The van der Waals surface area contributed by atoms with Crippen molar-refractivity contribution in [3.8, 4) is 5.75 Å². The molecule has 0 aliphatic carbocycles. The highest BCUT2D eigenvalue weighted by molar-refractivity contribution is 5.85. The van der Waals surface area contributed by atoms with Crippen LogP contribution in [0.1, 0.15) is 11.1 Å². The summed E-state index contributed by atoms with van der Waals surface area (Å²) in [6.45, 7) is 0.270. The predicted molar refractivity (Wildman–Crippen MR) is 77.6 cm³/mol. The molecule has 8 nitrogen and oxygen atoms in total. The van der Waals surface area contributed by atoms with Crippen molar-refractivity contribution in [2.45, 2.75) is 6.54 Å². The van der Waals surface area contributed by atoms with Gasteiger partial charge >= 0.3 is 11.8 Å². The minimum absolute atomic E-state index is 0.235. The molecule has 22 heavy (non-hydrogen) atoms. The van der Waals surface area contributed by atoms with Crippen molar-refractivity contribution < 1.29 is 19.6 Å². The van der Waals surface area contributed by atoms with Crippen molar-refractivity contribution in [3.05, 3.63) is 57.8 Å². The molecular weight excluding hydrogens is 290 g/mol. The number of aromatic nitrogens is 2. The second kappa shape index (κ2) is 6.53. The van der Waals surface area contributed by atoms with Gasteiger partial charge in [-0.05, 0) is 28.7 Å². The van der Waals surface area contributed by atoms with Crippen molar-refractivity contribution in [2.24, 2.45) is 0 Å². The van der Waals surface area contributed by atoms with E-state index in [1.807, 2.05) is 0 Å². The summed E-state index contributed by atoms with van der Waals surface area (Å²) in [7, 11) is 1.51. The van der Waals surface area contributed by atoms with Crippen LogP contribution in [-0.2, 0) is 11.3 Å². The number of hydrogen-bond acceptors (Lipinski definition) is 5. The zero-order valence-corrected chi connectivity index (χ0v) is 11.7. The maximum atomic E-state index is 10.6. The Bertz CT molecular complexity index is 736. The molecular formula is C14H13N3O5. The first-order valence-electron chi connectivity index (χ1n) is 6.25. The lowest BCUT2D eigenvalue weighted by molar-refractivity contribution is -0.389. The summed E-state index contributed by atoms with van der Waals surface area (Å²) < 4.78 is 6.65. The molecule has 0 aliphatic heterocycles. The first-order valence-corrected chi connectivity index (χ1v) is 6.25. The summed E-state index contributed by atoms with van der Waals surface area (Å²) in [6.07, 6.45) is 3.98. The summed E-state index contributed by atoms with van der Waals surface area (Å²) in [5, 5.41) is 23.1. The lowest BCUT2D eigenvalue weighted by atomic mass is 10.1. The maximum absolute atomic E-state index is 10.6. The normalized spacial score (nSPS) is 10.8. The van der Waals surface area contributed by atoms with E-state index in [2.05, 4.69) is 5.10 Å². The predicted octanol–water partition coefficient (Wildman–Crippen LogP) is 1.95. The molecule has 0 bridgehead atoms. The molecule has 0 unspecified atom stereocenters. The van der Waals surface area contributed by atoms with E-state index in [1.165, 1.54) is 30.1 Å². The second-order valence-electron chi connectivity index (χ2n) is 4.37. The van der Waals surface area contributed by atoms with Gasteiger partial charge in [-0.25, -0.2) is 4.79 Å². The van der Waals surface area contributed by atoms with Crippen LogP contribution in [0, 0.1) is 10.1 Å². The average molecular weight is 303 g/mol. The maximum Gasteiger partial charge on any atom is 0.389 e. The van der Waals surface area contributed by atoms with E-state index in [4.69, 9.17) is 9.84 Å². The van der Waals surface area contributed by atoms with Crippen molar-refractivity contribution >= 4 is 17.9 Å². The molecule has 0 saturated heterocycles. The fourth-order valence-electron chi connectivity index (χ4n) is 1.90. The minimum atomic E-state index is -1.04. The molecule has 0 radical (unpaired) electrons. The monoisotopic (exact) mass is 303 g/mol. The quantitative estimate of drug-likeness (QED) is 0.496. The molecule has 1 aromatic carbocycles. The van der Waals surface area contributed by atoms with Crippen molar-refractivity contribution in [2.75, 3.05) is 7.11 Å².